The van der Waals surface area contributed by atoms with E-state index in [4.69, 9.17) is 14.8 Å². The third-order valence-corrected chi connectivity index (χ3v) is 11.5. The van der Waals surface area contributed by atoms with E-state index >= 15 is 0 Å². The van der Waals surface area contributed by atoms with Gasteiger partial charge in [-0.15, -0.1) is 5.10 Å². The van der Waals surface area contributed by atoms with Crippen molar-refractivity contribution in [1.82, 2.24) is 24.5 Å². The van der Waals surface area contributed by atoms with Crippen LogP contribution >= 0.6 is 11.9 Å². The van der Waals surface area contributed by atoms with Gasteiger partial charge in [-0.05, 0) is 100 Å². The SMILES string of the molecule is CC.CC1(C)CC2CCCNc3cc(=O)cc([nH]3)SNC(=O)c3ccc(-n4ccc(OCCC5C6(CC6)C56CC6)n4)nc3N1C2. The molecule has 3 aliphatic carbocycles. The fraction of sp³-hybridized carbons (Fsp3) is 0.588. The van der Waals surface area contributed by atoms with E-state index in [1.165, 1.54) is 31.7 Å². The maximum Gasteiger partial charge on any atom is 0.265 e. The number of hydrogen-bond donors (Lipinski definition) is 3. The van der Waals surface area contributed by atoms with E-state index in [1.54, 1.807) is 10.7 Å². The summed E-state index contributed by atoms with van der Waals surface area (Å²) in [6, 6.07) is 8.59. The van der Waals surface area contributed by atoms with Gasteiger partial charge in [0.2, 0.25) is 5.88 Å². The second-order valence-corrected chi connectivity index (χ2v) is 14.7. The summed E-state index contributed by atoms with van der Waals surface area (Å²) in [5.74, 6) is 3.61. The van der Waals surface area contributed by atoms with E-state index in [0.717, 1.165) is 56.6 Å². The molecule has 4 fully saturated rings. The van der Waals surface area contributed by atoms with Crippen molar-refractivity contribution in [2.45, 2.75) is 89.6 Å². The third-order valence-electron chi connectivity index (χ3n) is 10.8. The monoisotopic (exact) mass is 631 g/mol. The lowest BCUT2D eigenvalue weighted by Gasteiger charge is -2.34. The molecular weight excluding hydrogens is 586 g/mol. The molecule has 2 spiro atoms. The van der Waals surface area contributed by atoms with Gasteiger partial charge in [0.25, 0.3) is 5.91 Å². The molecule has 3 saturated carbocycles. The van der Waals surface area contributed by atoms with Crippen LogP contribution in [0.4, 0.5) is 11.6 Å². The van der Waals surface area contributed by atoms with E-state index in [1.807, 2.05) is 38.2 Å². The number of H-pyrrole nitrogens is 1. The maximum atomic E-state index is 13.6. The summed E-state index contributed by atoms with van der Waals surface area (Å²) in [7, 11) is 0. The van der Waals surface area contributed by atoms with Gasteiger partial charge in [-0.25, -0.2) is 9.67 Å². The fourth-order valence-electron chi connectivity index (χ4n) is 8.49. The molecular formula is C34H45N7O3S. The molecule has 240 valence electrons. The van der Waals surface area contributed by atoms with Crippen LogP contribution in [0.3, 0.4) is 0 Å². The van der Waals surface area contributed by atoms with E-state index in [0.29, 0.717) is 57.3 Å². The molecule has 3 aromatic heterocycles. The Hall–Kier alpha value is -3.47. The topological polar surface area (TPSA) is 117 Å². The molecule has 3 aromatic rings. The molecule has 0 aromatic carbocycles. The molecule has 1 atom stereocenters. The normalized spacial score (nSPS) is 23.5. The summed E-state index contributed by atoms with van der Waals surface area (Å²) < 4.78 is 10.8. The van der Waals surface area contributed by atoms with Crippen LogP contribution in [0.2, 0.25) is 0 Å². The Morgan fingerprint density at radius 3 is 2.60 bits per heavy atom. The second-order valence-electron chi connectivity index (χ2n) is 13.8. The summed E-state index contributed by atoms with van der Waals surface area (Å²) in [6.45, 7) is 10.7. The molecule has 45 heavy (non-hydrogen) atoms. The maximum absolute atomic E-state index is 13.6. The number of amides is 1. The summed E-state index contributed by atoms with van der Waals surface area (Å²) in [5, 5.41) is 8.60. The molecule has 11 heteroatoms. The van der Waals surface area contributed by atoms with Crippen LogP contribution in [0.1, 0.15) is 89.4 Å². The van der Waals surface area contributed by atoms with Crippen LogP contribution in [-0.2, 0) is 0 Å². The number of nitrogens with zero attached hydrogens (tertiary/aromatic N) is 4. The summed E-state index contributed by atoms with van der Waals surface area (Å²) in [4.78, 5) is 36.4. The number of fused-ring (bicyclic) bond motifs is 7. The highest BCUT2D eigenvalue weighted by Gasteiger charge is 2.85. The summed E-state index contributed by atoms with van der Waals surface area (Å²) >= 11 is 1.10. The van der Waals surface area contributed by atoms with E-state index in [9.17, 15) is 9.59 Å². The van der Waals surface area contributed by atoms with E-state index < -0.39 is 0 Å². The van der Waals surface area contributed by atoms with Crippen molar-refractivity contribution in [3.8, 4) is 11.7 Å². The lowest BCUT2D eigenvalue weighted by molar-refractivity contribution is 0.0984. The second kappa shape index (κ2) is 11.4. The Balaban J connectivity index is 0.00000160. The van der Waals surface area contributed by atoms with Crippen molar-refractivity contribution in [3.05, 3.63) is 52.3 Å². The Bertz CT molecular complexity index is 1620. The standard InChI is InChI=1S/C32H39N7O3S.C2H6/c1-30(2)18-20-4-3-13-33-24-16-21(40)17-27(34-24)43-37-29(41)22-5-6-25(35-28(22)38(30)19-20)39-14-7-26(36-39)42-15-8-23-31(9-10-31)32(23)11-12-32;1-2/h5-7,14,16-17,20,23H,3-4,8-13,15,18-19H2,1-2H3,(H,37,41)(H2,33,34,40);1-2H3. The molecule has 5 aliphatic rings. The first-order valence-corrected chi connectivity index (χ1v) is 17.5. The number of rotatable bonds is 5. The Labute approximate surface area is 269 Å². The molecule has 3 N–H and O–H groups in total. The first kappa shape index (κ1) is 30.2. The lowest BCUT2D eigenvalue weighted by Crippen LogP contribution is -2.40. The van der Waals surface area contributed by atoms with Gasteiger partial charge < -0.3 is 19.9 Å². The highest BCUT2D eigenvalue weighted by atomic mass is 32.2. The van der Waals surface area contributed by atoms with Gasteiger partial charge in [0.1, 0.15) is 11.6 Å². The predicted molar refractivity (Wildman–Crippen MR) is 177 cm³/mol. The third kappa shape index (κ3) is 5.51. The van der Waals surface area contributed by atoms with Crippen molar-refractivity contribution in [1.29, 1.82) is 0 Å². The molecule has 1 amide bonds. The Morgan fingerprint density at radius 2 is 1.84 bits per heavy atom. The van der Waals surface area contributed by atoms with Gasteiger partial charge in [-0.2, -0.15) is 0 Å². The lowest BCUT2D eigenvalue weighted by atomic mass is 9.93. The molecule has 2 aliphatic heterocycles. The Kier molecular flexibility index (Phi) is 7.65. The minimum absolute atomic E-state index is 0.116. The number of ether oxygens (including phenoxy) is 1. The van der Waals surface area contributed by atoms with E-state index in [2.05, 4.69) is 33.8 Å². The smallest absolute Gasteiger partial charge is 0.265 e. The van der Waals surface area contributed by atoms with Crippen LogP contribution < -0.4 is 25.1 Å². The number of aromatic amines is 1. The molecule has 4 bridgehead atoms. The van der Waals surface area contributed by atoms with Crippen molar-refractivity contribution in [2.24, 2.45) is 22.7 Å². The van der Waals surface area contributed by atoms with Crippen LogP contribution in [-0.4, -0.2) is 50.9 Å². The van der Waals surface area contributed by atoms with Gasteiger partial charge in [-0.3, -0.25) is 14.3 Å². The highest BCUT2D eigenvalue weighted by Crippen LogP contribution is 2.93. The average molecular weight is 632 g/mol. The molecule has 1 unspecified atom stereocenters. The number of aromatic nitrogens is 4. The number of anilines is 2. The number of carbonyl (C=O) groups is 1. The van der Waals surface area contributed by atoms with Gasteiger partial charge in [0.15, 0.2) is 11.2 Å². The van der Waals surface area contributed by atoms with Gasteiger partial charge in [0, 0.05) is 55.0 Å². The molecule has 0 radical (unpaired) electrons. The number of carbonyl (C=O) groups excluding carboxylic acids is 1. The minimum Gasteiger partial charge on any atom is -0.477 e. The van der Waals surface area contributed by atoms with Gasteiger partial charge in [-0.1, -0.05) is 13.8 Å². The summed E-state index contributed by atoms with van der Waals surface area (Å²) in [6.07, 6.45) is 11.7. The zero-order chi connectivity index (χ0) is 31.4. The first-order valence-electron chi connectivity index (χ1n) is 16.7. The average Bonchev–Trinajstić information content (AvgIpc) is 3.98. The molecule has 5 heterocycles. The Morgan fingerprint density at radius 1 is 1.07 bits per heavy atom. The molecule has 10 nitrogen and oxygen atoms in total. The van der Waals surface area contributed by atoms with Crippen LogP contribution in [0.25, 0.3) is 5.82 Å². The van der Waals surface area contributed by atoms with Crippen LogP contribution in [0.15, 0.2) is 46.3 Å². The van der Waals surface area contributed by atoms with Crippen molar-refractivity contribution >= 4 is 29.5 Å². The van der Waals surface area contributed by atoms with E-state index in [-0.39, 0.29) is 16.9 Å². The molecule has 8 rings (SSSR count). The van der Waals surface area contributed by atoms with Crippen molar-refractivity contribution < 1.29 is 9.53 Å². The molecule has 1 saturated heterocycles. The number of nitrogens with one attached hydrogen (secondary N) is 3. The van der Waals surface area contributed by atoms with Crippen molar-refractivity contribution in [3.63, 3.8) is 0 Å². The largest absolute Gasteiger partial charge is 0.477 e. The van der Waals surface area contributed by atoms with Gasteiger partial charge in [0.05, 0.1) is 17.2 Å². The minimum atomic E-state index is -0.265. The van der Waals surface area contributed by atoms with Crippen molar-refractivity contribution in [2.75, 3.05) is 29.9 Å². The quantitative estimate of drug-likeness (QED) is 0.286. The zero-order valence-corrected chi connectivity index (χ0v) is 27.6. The number of pyridine rings is 2. The van der Waals surface area contributed by atoms with Crippen LogP contribution in [0.5, 0.6) is 5.88 Å². The zero-order valence-electron chi connectivity index (χ0n) is 26.8. The number of hydrogen-bond acceptors (Lipinski definition) is 8. The first-order chi connectivity index (χ1) is 21.8. The fourth-order valence-corrected chi connectivity index (χ4v) is 9.14. The highest BCUT2D eigenvalue weighted by molar-refractivity contribution is 7.97. The van der Waals surface area contributed by atoms with Gasteiger partial charge >= 0.3 is 0 Å². The predicted octanol–water partition coefficient (Wildman–Crippen LogP) is 6.19. The van der Waals surface area contributed by atoms with Crippen LogP contribution in [0, 0.1) is 22.7 Å². The summed E-state index contributed by atoms with van der Waals surface area (Å²) in [5.41, 5.74) is 1.60.